The minimum Gasteiger partial charge on any atom is -0.389 e. The van der Waals surface area contributed by atoms with E-state index in [1.807, 2.05) is 0 Å². The van der Waals surface area contributed by atoms with Crippen molar-refractivity contribution >= 4 is 33.4 Å². The Morgan fingerprint density at radius 2 is 1.84 bits per heavy atom. The van der Waals surface area contributed by atoms with E-state index in [1.54, 1.807) is 25.1 Å². The van der Waals surface area contributed by atoms with Gasteiger partial charge in [0.1, 0.15) is 0 Å². The van der Waals surface area contributed by atoms with Gasteiger partial charge >= 0.3 is 0 Å². The Hall–Kier alpha value is -1.60. The average molecular weight is 330 g/mol. The second kappa shape index (κ2) is 6.53. The molecule has 0 saturated heterocycles. The minimum absolute atomic E-state index is 0.116. The number of nitrogens with zero attached hydrogens (tertiary/aromatic N) is 1. The van der Waals surface area contributed by atoms with Gasteiger partial charge < -0.3 is 21.5 Å². The van der Waals surface area contributed by atoms with Gasteiger partial charge in [0.05, 0.1) is 24.9 Å². The largest absolute Gasteiger partial charge is 0.389 e. The zero-order chi connectivity index (χ0) is 14.6. The molecule has 0 aliphatic carbocycles. The monoisotopic (exact) mass is 329 g/mol. The fraction of sp³-hybridized carbons (Fsp3) is 0.333. The summed E-state index contributed by atoms with van der Waals surface area (Å²) in [6.07, 6.45) is -0.605. The van der Waals surface area contributed by atoms with Gasteiger partial charge in [-0.15, -0.1) is 0 Å². The Bertz CT molecular complexity index is 475. The predicted octanol–water partition coefficient (Wildman–Crippen LogP) is 0.279. The van der Waals surface area contributed by atoms with Crippen molar-refractivity contribution in [3.8, 4) is 0 Å². The van der Waals surface area contributed by atoms with Gasteiger partial charge in [-0.25, -0.2) is 0 Å². The number of benzene rings is 1. The molecule has 0 spiro atoms. The summed E-state index contributed by atoms with van der Waals surface area (Å²) in [6, 6.07) is 5.12. The number of carbonyl (C=O) groups is 2. The second-order valence-electron chi connectivity index (χ2n) is 4.18. The summed E-state index contributed by atoms with van der Waals surface area (Å²) in [5.41, 5.74) is 11.6. The molecule has 1 rings (SSSR count). The maximum absolute atomic E-state index is 11.0. The summed E-state index contributed by atoms with van der Waals surface area (Å²) in [7, 11) is 0. The lowest BCUT2D eigenvalue weighted by Gasteiger charge is -2.23. The van der Waals surface area contributed by atoms with Gasteiger partial charge in [-0.2, -0.15) is 0 Å². The number of amides is 2. The number of aliphatic hydroxyl groups excluding tert-OH is 1. The van der Waals surface area contributed by atoms with E-state index in [4.69, 9.17) is 11.5 Å². The zero-order valence-corrected chi connectivity index (χ0v) is 12.1. The van der Waals surface area contributed by atoms with E-state index in [2.05, 4.69) is 15.9 Å². The van der Waals surface area contributed by atoms with Gasteiger partial charge in [0.2, 0.25) is 11.8 Å². The van der Waals surface area contributed by atoms with E-state index < -0.39 is 17.9 Å². The van der Waals surface area contributed by atoms with Crippen molar-refractivity contribution in [3.63, 3.8) is 0 Å². The number of carbonyl (C=O) groups excluding carboxylic acids is 2. The fourth-order valence-electron chi connectivity index (χ4n) is 1.64. The molecule has 1 aromatic carbocycles. The van der Waals surface area contributed by atoms with Gasteiger partial charge in [-0.1, -0.05) is 6.07 Å². The van der Waals surface area contributed by atoms with E-state index in [-0.39, 0.29) is 13.1 Å². The molecule has 2 amide bonds. The molecular weight excluding hydrogens is 314 g/mol. The number of hydrogen-bond acceptors (Lipinski definition) is 4. The first-order valence-electron chi connectivity index (χ1n) is 5.60. The van der Waals surface area contributed by atoms with Crippen molar-refractivity contribution in [2.45, 2.75) is 13.0 Å². The molecule has 0 aliphatic rings. The molecule has 0 aliphatic heterocycles. The van der Waals surface area contributed by atoms with Crippen LogP contribution in [0.2, 0.25) is 0 Å². The topological polar surface area (TPSA) is 110 Å². The highest BCUT2D eigenvalue weighted by Crippen LogP contribution is 2.29. The molecule has 0 heterocycles. The molecule has 0 unspecified atom stereocenters. The molecule has 6 nitrogen and oxygen atoms in total. The maximum atomic E-state index is 11.0. The Balaban J connectivity index is 3.07. The fourth-order valence-corrected chi connectivity index (χ4v) is 2.29. The van der Waals surface area contributed by atoms with Gasteiger partial charge in [0, 0.05) is 4.47 Å². The molecule has 19 heavy (non-hydrogen) atoms. The molecule has 0 aromatic heterocycles. The normalized spacial score (nSPS) is 11.9. The Morgan fingerprint density at radius 1 is 1.32 bits per heavy atom. The highest BCUT2D eigenvalue weighted by molar-refractivity contribution is 9.10. The van der Waals surface area contributed by atoms with Crippen molar-refractivity contribution in [2.24, 2.45) is 11.5 Å². The summed E-state index contributed by atoms with van der Waals surface area (Å²) in [5, 5.41) is 9.49. The summed E-state index contributed by atoms with van der Waals surface area (Å²) < 4.78 is 0.647. The molecule has 7 heteroatoms. The van der Waals surface area contributed by atoms with Crippen LogP contribution >= 0.6 is 15.9 Å². The third-order valence-electron chi connectivity index (χ3n) is 2.49. The van der Waals surface area contributed by atoms with Crippen LogP contribution in [-0.4, -0.2) is 30.0 Å². The van der Waals surface area contributed by atoms with Crippen LogP contribution in [-0.2, 0) is 9.59 Å². The highest BCUT2D eigenvalue weighted by Gasteiger charge is 2.16. The third kappa shape index (κ3) is 4.53. The standard InChI is InChI=1S/C12H16BrN3O3/c1-7(17)8-2-3-10(9(13)4-8)16(5-11(14)18)6-12(15)19/h2-4,7,17H,5-6H2,1H3,(H2,14,18)(H2,15,19)/t7-/m1/s1. The van der Waals surface area contributed by atoms with Crippen LogP contribution in [0, 0.1) is 0 Å². The van der Waals surface area contributed by atoms with E-state index in [0.29, 0.717) is 15.7 Å². The highest BCUT2D eigenvalue weighted by atomic mass is 79.9. The van der Waals surface area contributed by atoms with Crippen LogP contribution in [0.5, 0.6) is 0 Å². The lowest BCUT2D eigenvalue weighted by molar-refractivity contribution is -0.117. The summed E-state index contributed by atoms with van der Waals surface area (Å²) in [6.45, 7) is 1.41. The Morgan fingerprint density at radius 3 is 2.21 bits per heavy atom. The van der Waals surface area contributed by atoms with E-state index in [9.17, 15) is 14.7 Å². The van der Waals surface area contributed by atoms with Crippen LogP contribution in [0.15, 0.2) is 22.7 Å². The molecular formula is C12H16BrN3O3. The van der Waals surface area contributed by atoms with Crippen LogP contribution in [0.4, 0.5) is 5.69 Å². The Labute approximate surface area is 119 Å². The first-order chi connectivity index (χ1) is 8.81. The first-order valence-corrected chi connectivity index (χ1v) is 6.39. The van der Waals surface area contributed by atoms with Gasteiger partial charge in [-0.3, -0.25) is 9.59 Å². The molecule has 0 saturated carbocycles. The quantitative estimate of drug-likeness (QED) is 0.696. The van der Waals surface area contributed by atoms with Crippen molar-refractivity contribution in [2.75, 3.05) is 18.0 Å². The smallest absolute Gasteiger partial charge is 0.236 e. The SMILES string of the molecule is C[C@@H](O)c1ccc(N(CC(N)=O)CC(N)=O)c(Br)c1. The molecule has 0 radical (unpaired) electrons. The van der Waals surface area contributed by atoms with E-state index >= 15 is 0 Å². The molecule has 0 bridgehead atoms. The lowest BCUT2D eigenvalue weighted by Crippen LogP contribution is -2.39. The van der Waals surface area contributed by atoms with Gasteiger partial charge in [0.25, 0.3) is 0 Å². The summed E-state index contributed by atoms with van der Waals surface area (Å²) in [5.74, 6) is -1.12. The number of anilines is 1. The lowest BCUT2D eigenvalue weighted by atomic mass is 10.1. The van der Waals surface area contributed by atoms with Crippen LogP contribution in [0.3, 0.4) is 0 Å². The summed E-state index contributed by atoms with van der Waals surface area (Å²) in [4.78, 5) is 23.5. The van der Waals surface area contributed by atoms with Crippen LogP contribution in [0.1, 0.15) is 18.6 Å². The Kier molecular flexibility index (Phi) is 5.31. The maximum Gasteiger partial charge on any atom is 0.236 e. The zero-order valence-electron chi connectivity index (χ0n) is 10.5. The molecule has 104 valence electrons. The second-order valence-corrected chi connectivity index (χ2v) is 5.03. The molecule has 1 atom stereocenters. The number of primary amides is 2. The van der Waals surface area contributed by atoms with Gasteiger partial charge in [0.15, 0.2) is 0 Å². The van der Waals surface area contributed by atoms with Crippen molar-refractivity contribution < 1.29 is 14.7 Å². The third-order valence-corrected chi connectivity index (χ3v) is 3.12. The van der Waals surface area contributed by atoms with Gasteiger partial charge in [-0.05, 0) is 40.5 Å². The molecule has 5 N–H and O–H groups in total. The summed E-state index contributed by atoms with van der Waals surface area (Å²) >= 11 is 3.34. The van der Waals surface area contributed by atoms with Crippen LogP contribution < -0.4 is 16.4 Å². The van der Waals surface area contributed by atoms with Crippen molar-refractivity contribution in [1.82, 2.24) is 0 Å². The number of hydrogen-bond donors (Lipinski definition) is 3. The molecule has 0 fully saturated rings. The van der Waals surface area contributed by atoms with Crippen molar-refractivity contribution in [1.29, 1.82) is 0 Å². The molecule has 1 aromatic rings. The minimum atomic E-state index is -0.605. The number of rotatable bonds is 6. The number of halogens is 1. The number of aliphatic hydroxyl groups is 1. The van der Waals surface area contributed by atoms with Crippen LogP contribution in [0.25, 0.3) is 0 Å². The predicted molar refractivity (Wildman–Crippen MR) is 75.4 cm³/mol. The van der Waals surface area contributed by atoms with E-state index in [0.717, 1.165) is 0 Å². The first kappa shape index (κ1) is 15.5. The van der Waals surface area contributed by atoms with E-state index in [1.165, 1.54) is 4.90 Å². The van der Waals surface area contributed by atoms with Crippen molar-refractivity contribution in [3.05, 3.63) is 28.2 Å². The number of nitrogens with two attached hydrogens (primary N) is 2. The average Bonchev–Trinajstić information content (AvgIpc) is 2.26.